The molecule has 0 fully saturated rings. The molecule has 5 heteroatoms. The van der Waals surface area contributed by atoms with Gasteiger partial charge in [-0.1, -0.05) is 13.8 Å². The number of pyridine rings is 1. The van der Waals surface area contributed by atoms with Crippen molar-refractivity contribution in [2.45, 2.75) is 46.0 Å². The number of fused-ring (bicyclic) bond motifs is 1. The summed E-state index contributed by atoms with van der Waals surface area (Å²) < 4.78 is 7.84. The molecule has 2 rings (SSSR count). The Bertz CT molecular complexity index is 607. The van der Waals surface area contributed by atoms with Crippen LogP contribution in [0.3, 0.4) is 0 Å². The maximum absolute atomic E-state index is 6.36. The van der Waals surface area contributed by atoms with E-state index in [1.807, 2.05) is 26.1 Å². The van der Waals surface area contributed by atoms with Gasteiger partial charge in [0.15, 0.2) is 5.65 Å². The second kappa shape index (κ2) is 6.75. The highest BCUT2D eigenvalue weighted by Gasteiger charge is 2.25. The average molecular weight is 310 g/mol. The molecular weight excluding hydrogens is 286 g/mol. The van der Waals surface area contributed by atoms with Gasteiger partial charge >= 0.3 is 0 Å². The van der Waals surface area contributed by atoms with E-state index in [1.165, 1.54) is 0 Å². The molecule has 4 nitrogen and oxygen atoms in total. The molecule has 2 unspecified atom stereocenters. The average Bonchev–Trinajstić information content (AvgIpc) is 2.80. The molecule has 0 spiro atoms. The summed E-state index contributed by atoms with van der Waals surface area (Å²) in [5.41, 5.74) is 2.95. The first-order valence-electron chi connectivity index (χ1n) is 7.52. The van der Waals surface area contributed by atoms with Gasteiger partial charge in [-0.05, 0) is 38.3 Å². The first kappa shape index (κ1) is 16.2. The highest BCUT2D eigenvalue weighted by atomic mass is 35.5. The van der Waals surface area contributed by atoms with Crippen LogP contribution >= 0.6 is 11.6 Å². The molecule has 2 aromatic heterocycles. The maximum Gasteiger partial charge on any atom is 0.160 e. The van der Waals surface area contributed by atoms with Crippen molar-refractivity contribution in [1.82, 2.24) is 14.5 Å². The Morgan fingerprint density at radius 3 is 2.62 bits per heavy atom. The topological polar surface area (TPSA) is 39.9 Å². The van der Waals surface area contributed by atoms with E-state index in [4.69, 9.17) is 21.3 Å². The van der Waals surface area contributed by atoms with Crippen molar-refractivity contribution >= 4 is 22.8 Å². The lowest BCUT2D eigenvalue weighted by Gasteiger charge is -2.25. The highest BCUT2D eigenvalue weighted by Crippen LogP contribution is 2.31. The molecule has 0 aliphatic rings. The molecule has 2 aromatic rings. The van der Waals surface area contributed by atoms with Crippen LogP contribution in [0.2, 0.25) is 0 Å². The van der Waals surface area contributed by atoms with Crippen LogP contribution in [0.5, 0.6) is 0 Å². The fourth-order valence-electron chi connectivity index (χ4n) is 2.54. The van der Waals surface area contributed by atoms with E-state index in [-0.39, 0.29) is 11.4 Å². The molecule has 0 saturated heterocycles. The van der Waals surface area contributed by atoms with Gasteiger partial charge in [-0.3, -0.25) is 0 Å². The van der Waals surface area contributed by atoms with Crippen LogP contribution in [0.4, 0.5) is 0 Å². The lowest BCUT2D eigenvalue weighted by Crippen LogP contribution is -2.23. The summed E-state index contributed by atoms with van der Waals surface area (Å²) in [4.78, 5) is 9.28. The van der Waals surface area contributed by atoms with E-state index in [2.05, 4.69) is 30.3 Å². The number of aromatic nitrogens is 3. The minimum atomic E-state index is -0.165. The second-order valence-corrected chi connectivity index (χ2v) is 6.38. The van der Waals surface area contributed by atoms with E-state index >= 15 is 0 Å². The Kier molecular flexibility index (Phi) is 5.22. The standard InChI is InChI=1S/C16H24ClN3O/c1-6-21-9-13(10(2)3)20-15(12(5)17)19-14-11(4)7-8-18-16(14)20/h7-8,10,12-13H,6,9H2,1-5H3. The summed E-state index contributed by atoms with van der Waals surface area (Å²) in [5.74, 6) is 1.28. The number of rotatable bonds is 6. The molecule has 0 N–H and O–H groups in total. The second-order valence-electron chi connectivity index (χ2n) is 5.73. The number of aryl methyl sites for hydroxylation is 1. The van der Waals surface area contributed by atoms with Crippen LogP contribution in [0.25, 0.3) is 11.2 Å². The van der Waals surface area contributed by atoms with Crippen LogP contribution in [0, 0.1) is 12.8 Å². The van der Waals surface area contributed by atoms with Crippen molar-refractivity contribution in [2.24, 2.45) is 5.92 Å². The van der Waals surface area contributed by atoms with Gasteiger partial charge in [-0.2, -0.15) is 0 Å². The van der Waals surface area contributed by atoms with Gasteiger partial charge in [0.2, 0.25) is 0 Å². The molecule has 116 valence electrons. The van der Waals surface area contributed by atoms with Gasteiger partial charge in [0, 0.05) is 12.8 Å². The third kappa shape index (κ3) is 3.22. The van der Waals surface area contributed by atoms with Crippen LogP contribution < -0.4 is 0 Å². The van der Waals surface area contributed by atoms with Crippen LogP contribution in [-0.4, -0.2) is 27.7 Å². The number of nitrogens with zero attached hydrogens (tertiary/aromatic N) is 3. The summed E-state index contributed by atoms with van der Waals surface area (Å²) in [6.07, 6.45) is 1.83. The Hall–Kier alpha value is -1.13. The molecule has 0 aromatic carbocycles. The van der Waals surface area contributed by atoms with Crippen molar-refractivity contribution in [3.63, 3.8) is 0 Å². The number of hydrogen-bond acceptors (Lipinski definition) is 3. The van der Waals surface area contributed by atoms with Gasteiger partial charge in [0.05, 0.1) is 18.0 Å². The number of alkyl halides is 1. The van der Waals surface area contributed by atoms with E-state index in [9.17, 15) is 0 Å². The molecule has 0 aliphatic carbocycles. The number of ether oxygens (including phenoxy) is 1. The molecule has 0 aliphatic heterocycles. The van der Waals surface area contributed by atoms with Crippen molar-refractivity contribution < 1.29 is 4.74 Å². The molecule has 21 heavy (non-hydrogen) atoms. The fourth-order valence-corrected chi connectivity index (χ4v) is 2.69. The van der Waals surface area contributed by atoms with Crippen LogP contribution in [0.1, 0.15) is 50.5 Å². The predicted octanol–water partition coefficient (Wildman–Crippen LogP) is 4.27. The summed E-state index contributed by atoms with van der Waals surface area (Å²) in [7, 11) is 0. The van der Waals surface area contributed by atoms with Crippen molar-refractivity contribution in [2.75, 3.05) is 13.2 Å². The van der Waals surface area contributed by atoms with E-state index in [0.717, 1.165) is 22.6 Å². The molecule has 0 amide bonds. The zero-order valence-corrected chi connectivity index (χ0v) is 14.2. The predicted molar refractivity (Wildman–Crippen MR) is 86.9 cm³/mol. The summed E-state index contributed by atoms with van der Waals surface area (Å²) in [6.45, 7) is 11.7. The first-order valence-corrected chi connectivity index (χ1v) is 7.96. The Morgan fingerprint density at radius 1 is 1.33 bits per heavy atom. The van der Waals surface area contributed by atoms with Crippen molar-refractivity contribution in [1.29, 1.82) is 0 Å². The lowest BCUT2D eigenvalue weighted by molar-refractivity contribution is 0.0966. The maximum atomic E-state index is 6.36. The van der Waals surface area contributed by atoms with Gasteiger partial charge in [-0.15, -0.1) is 11.6 Å². The van der Waals surface area contributed by atoms with E-state index in [1.54, 1.807) is 0 Å². The first-order chi connectivity index (χ1) is 9.97. The third-order valence-corrected chi connectivity index (χ3v) is 3.95. The number of hydrogen-bond donors (Lipinski definition) is 0. The molecule has 2 heterocycles. The van der Waals surface area contributed by atoms with Crippen molar-refractivity contribution in [3.05, 3.63) is 23.7 Å². The minimum absolute atomic E-state index is 0.165. The summed E-state index contributed by atoms with van der Waals surface area (Å²) in [6, 6.07) is 2.16. The number of imidazole rings is 1. The van der Waals surface area contributed by atoms with E-state index in [0.29, 0.717) is 19.1 Å². The van der Waals surface area contributed by atoms with Gasteiger partial charge in [0.1, 0.15) is 11.3 Å². The Balaban J connectivity index is 2.63. The Morgan fingerprint density at radius 2 is 2.05 bits per heavy atom. The quantitative estimate of drug-likeness (QED) is 0.748. The molecular formula is C16H24ClN3O. The van der Waals surface area contributed by atoms with Gasteiger partial charge in [0.25, 0.3) is 0 Å². The lowest BCUT2D eigenvalue weighted by atomic mass is 10.0. The minimum Gasteiger partial charge on any atom is -0.380 e. The molecule has 2 atom stereocenters. The zero-order chi connectivity index (χ0) is 15.6. The van der Waals surface area contributed by atoms with Crippen LogP contribution in [-0.2, 0) is 4.74 Å². The largest absolute Gasteiger partial charge is 0.380 e. The monoisotopic (exact) mass is 309 g/mol. The molecule has 0 radical (unpaired) electrons. The van der Waals surface area contributed by atoms with Crippen molar-refractivity contribution in [3.8, 4) is 0 Å². The summed E-state index contributed by atoms with van der Waals surface area (Å²) >= 11 is 6.36. The fraction of sp³-hybridized carbons (Fsp3) is 0.625. The smallest absolute Gasteiger partial charge is 0.160 e. The zero-order valence-electron chi connectivity index (χ0n) is 13.4. The van der Waals surface area contributed by atoms with Gasteiger partial charge < -0.3 is 9.30 Å². The SMILES string of the molecule is CCOCC(C(C)C)n1c(C(C)Cl)nc2c(C)ccnc21. The normalized spacial score (nSPS) is 14.8. The Labute approximate surface area is 131 Å². The van der Waals surface area contributed by atoms with Gasteiger partial charge in [-0.25, -0.2) is 9.97 Å². The molecule has 0 bridgehead atoms. The highest BCUT2D eigenvalue weighted by molar-refractivity contribution is 6.20. The molecule has 0 saturated carbocycles. The van der Waals surface area contributed by atoms with E-state index < -0.39 is 0 Å². The number of halogens is 1. The third-order valence-electron chi connectivity index (χ3n) is 3.76. The summed E-state index contributed by atoms with van der Waals surface area (Å²) in [5, 5.41) is -0.165. The van der Waals surface area contributed by atoms with Crippen LogP contribution in [0.15, 0.2) is 12.3 Å².